The van der Waals surface area contributed by atoms with Crippen LogP contribution in [-0.2, 0) is 0 Å². The fourth-order valence-electron chi connectivity index (χ4n) is 2.72. The molecule has 1 aromatic heterocycles. The first-order chi connectivity index (χ1) is 8.47. The second kappa shape index (κ2) is 4.96. The van der Waals surface area contributed by atoms with E-state index in [4.69, 9.17) is 0 Å². The first-order valence-electron chi connectivity index (χ1n) is 6.46. The number of Topliss-reactive ketones (excluding diaryl/α,β-unsaturated/α-hetero) is 1. The fraction of sp³-hybridized carbons (Fsp3) is 0.571. The highest BCUT2D eigenvalue weighted by Crippen LogP contribution is 2.22. The van der Waals surface area contributed by atoms with Gasteiger partial charge in [-0.05, 0) is 31.2 Å². The number of likely N-dealkylation sites (tertiary alicyclic amines) is 1. The van der Waals surface area contributed by atoms with Crippen LogP contribution in [-0.4, -0.2) is 34.7 Å². The topological polar surface area (TPSA) is 53.2 Å². The normalized spacial score (nSPS) is 24.1. The SMILES string of the molecule is CC(=O)c1c[nH]c(C(=O)N2C[C@H](C)C[C@@H](C)C2)c1. The number of aromatic nitrogens is 1. The summed E-state index contributed by atoms with van der Waals surface area (Å²) in [7, 11) is 0. The summed E-state index contributed by atoms with van der Waals surface area (Å²) >= 11 is 0. The zero-order valence-corrected chi connectivity index (χ0v) is 11.2. The molecule has 1 aliphatic heterocycles. The number of carbonyl (C=O) groups is 2. The minimum atomic E-state index is -0.0225. The van der Waals surface area contributed by atoms with E-state index < -0.39 is 0 Å². The molecule has 1 N–H and O–H groups in total. The van der Waals surface area contributed by atoms with Crippen LogP contribution in [0.4, 0.5) is 0 Å². The van der Waals surface area contributed by atoms with Gasteiger partial charge in [-0.2, -0.15) is 0 Å². The molecule has 4 heteroatoms. The third-order valence-electron chi connectivity index (χ3n) is 3.48. The van der Waals surface area contributed by atoms with Crippen molar-refractivity contribution in [3.8, 4) is 0 Å². The number of aromatic amines is 1. The van der Waals surface area contributed by atoms with Crippen LogP contribution < -0.4 is 0 Å². The van der Waals surface area contributed by atoms with Crippen molar-refractivity contribution in [2.75, 3.05) is 13.1 Å². The molecule has 0 spiro atoms. The number of hydrogen-bond acceptors (Lipinski definition) is 2. The number of ketones is 1. The van der Waals surface area contributed by atoms with E-state index in [9.17, 15) is 9.59 Å². The first kappa shape index (κ1) is 12.9. The van der Waals surface area contributed by atoms with E-state index in [-0.39, 0.29) is 11.7 Å². The van der Waals surface area contributed by atoms with E-state index >= 15 is 0 Å². The average molecular weight is 248 g/mol. The lowest BCUT2D eigenvalue weighted by atomic mass is 9.92. The molecular formula is C14H20N2O2. The molecule has 0 radical (unpaired) electrons. The standard InChI is InChI=1S/C14H20N2O2/c1-9-4-10(2)8-16(7-9)14(18)13-5-12(6-15-13)11(3)17/h5-6,9-10,15H,4,7-8H2,1-3H3/t9-,10-/m1/s1. The maximum atomic E-state index is 12.3. The smallest absolute Gasteiger partial charge is 0.270 e. The van der Waals surface area contributed by atoms with Crippen molar-refractivity contribution in [2.45, 2.75) is 27.2 Å². The number of carbonyl (C=O) groups excluding carboxylic acids is 2. The molecule has 2 rings (SSSR count). The third-order valence-corrected chi connectivity index (χ3v) is 3.48. The van der Waals surface area contributed by atoms with Crippen LogP contribution in [0.1, 0.15) is 48.0 Å². The maximum absolute atomic E-state index is 12.3. The van der Waals surface area contributed by atoms with Gasteiger partial charge in [0.05, 0.1) is 0 Å². The van der Waals surface area contributed by atoms with Gasteiger partial charge >= 0.3 is 0 Å². The molecule has 2 atom stereocenters. The summed E-state index contributed by atoms with van der Waals surface area (Å²) in [4.78, 5) is 28.3. The summed E-state index contributed by atoms with van der Waals surface area (Å²) in [5.41, 5.74) is 1.08. The largest absolute Gasteiger partial charge is 0.356 e. The van der Waals surface area contributed by atoms with Crippen LogP contribution in [0.3, 0.4) is 0 Å². The van der Waals surface area contributed by atoms with Crippen molar-refractivity contribution in [1.29, 1.82) is 0 Å². The monoisotopic (exact) mass is 248 g/mol. The minimum absolute atomic E-state index is 0.000833. The second-order valence-electron chi connectivity index (χ2n) is 5.51. The number of H-pyrrole nitrogens is 1. The van der Waals surface area contributed by atoms with Crippen LogP contribution in [0.25, 0.3) is 0 Å². The van der Waals surface area contributed by atoms with Gasteiger partial charge in [0.25, 0.3) is 5.91 Å². The van der Waals surface area contributed by atoms with Gasteiger partial charge in [0.15, 0.2) is 5.78 Å². The van der Waals surface area contributed by atoms with Gasteiger partial charge in [-0.15, -0.1) is 0 Å². The summed E-state index contributed by atoms with van der Waals surface area (Å²) in [6.45, 7) is 7.45. The molecule has 0 bridgehead atoms. The Kier molecular flexibility index (Phi) is 3.55. The average Bonchev–Trinajstić information content (AvgIpc) is 2.75. The third kappa shape index (κ3) is 2.63. The van der Waals surface area contributed by atoms with Gasteiger partial charge in [-0.25, -0.2) is 0 Å². The molecular weight excluding hydrogens is 228 g/mol. The Bertz CT molecular complexity index is 454. The Balaban J connectivity index is 2.12. The van der Waals surface area contributed by atoms with E-state index in [2.05, 4.69) is 18.8 Å². The molecule has 98 valence electrons. The minimum Gasteiger partial charge on any atom is -0.356 e. The molecule has 0 aliphatic carbocycles. The molecule has 1 amide bonds. The molecule has 0 saturated carbocycles. The van der Waals surface area contributed by atoms with Crippen molar-refractivity contribution in [1.82, 2.24) is 9.88 Å². The number of nitrogens with one attached hydrogen (secondary N) is 1. The Labute approximate surface area is 107 Å². The number of rotatable bonds is 2. The van der Waals surface area contributed by atoms with E-state index in [1.54, 1.807) is 12.3 Å². The van der Waals surface area contributed by atoms with Crippen molar-refractivity contribution in [2.24, 2.45) is 11.8 Å². The van der Waals surface area contributed by atoms with Crippen LogP contribution in [0.15, 0.2) is 12.3 Å². The van der Waals surface area contributed by atoms with Crippen LogP contribution in [0, 0.1) is 11.8 Å². The summed E-state index contributed by atoms with van der Waals surface area (Å²) in [5.74, 6) is 1.06. The Morgan fingerprint density at radius 1 is 1.28 bits per heavy atom. The summed E-state index contributed by atoms with van der Waals surface area (Å²) in [6, 6.07) is 1.65. The quantitative estimate of drug-likeness (QED) is 0.817. The molecule has 1 aliphatic rings. The number of amides is 1. The van der Waals surface area contributed by atoms with E-state index in [1.807, 2.05) is 4.90 Å². The van der Waals surface area contributed by atoms with Crippen molar-refractivity contribution in [3.63, 3.8) is 0 Å². The second-order valence-corrected chi connectivity index (χ2v) is 5.51. The zero-order valence-electron chi connectivity index (χ0n) is 11.2. The van der Waals surface area contributed by atoms with Gasteiger partial charge < -0.3 is 9.88 Å². The van der Waals surface area contributed by atoms with Crippen molar-refractivity contribution in [3.05, 3.63) is 23.5 Å². The van der Waals surface area contributed by atoms with E-state index in [0.717, 1.165) is 13.1 Å². The van der Waals surface area contributed by atoms with E-state index in [1.165, 1.54) is 13.3 Å². The predicted molar refractivity (Wildman–Crippen MR) is 69.6 cm³/mol. The Hall–Kier alpha value is -1.58. The molecule has 1 saturated heterocycles. The highest BCUT2D eigenvalue weighted by atomic mass is 16.2. The predicted octanol–water partition coefficient (Wildman–Crippen LogP) is 2.34. The molecule has 18 heavy (non-hydrogen) atoms. The maximum Gasteiger partial charge on any atom is 0.270 e. The lowest BCUT2D eigenvalue weighted by Crippen LogP contribution is -2.42. The van der Waals surface area contributed by atoms with Crippen LogP contribution in [0.5, 0.6) is 0 Å². The first-order valence-corrected chi connectivity index (χ1v) is 6.46. The molecule has 2 heterocycles. The van der Waals surface area contributed by atoms with Gasteiger partial charge in [-0.1, -0.05) is 13.8 Å². The van der Waals surface area contributed by atoms with Gasteiger partial charge in [0.1, 0.15) is 5.69 Å². The van der Waals surface area contributed by atoms with E-state index in [0.29, 0.717) is 23.1 Å². The summed E-state index contributed by atoms with van der Waals surface area (Å²) in [5, 5.41) is 0. The number of hydrogen-bond donors (Lipinski definition) is 1. The zero-order chi connectivity index (χ0) is 13.3. The van der Waals surface area contributed by atoms with Crippen LogP contribution in [0.2, 0.25) is 0 Å². The molecule has 1 fully saturated rings. The molecule has 0 unspecified atom stereocenters. The number of nitrogens with zero attached hydrogens (tertiary/aromatic N) is 1. The Morgan fingerprint density at radius 2 is 1.89 bits per heavy atom. The fourth-order valence-corrected chi connectivity index (χ4v) is 2.72. The number of piperidine rings is 1. The molecule has 1 aromatic rings. The van der Waals surface area contributed by atoms with Crippen molar-refractivity contribution < 1.29 is 9.59 Å². The van der Waals surface area contributed by atoms with Gasteiger partial charge in [0.2, 0.25) is 0 Å². The van der Waals surface area contributed by atoms with Crippen molar-refractivity contribution >= 4 is 11.7 Å². The molecule has 4 nitrogen and oxygen atoms in total. The van der Waals surface area contributed by atoms with Gasteiger partial charge in [0, 0.05) is 24.8 Å². The lowest BCUT2D eigenvalue weighted by molar-refractivity contribution is 0.0618. The lowest BCUT2D eigenvalue weighted by Gasteiger charge is -2.34. The van der Waals surface area contributed by atoms with Gasteiger partial charge in [-0.3, -0.25) is 9.59 Å². The Morgan fingerprint density at radius 3 is 2.39 bits per heavy atom. The highest BCUT2D eigenvalue weighted by Gasteiger charge is 2.26. The van der Waals surface area contributed by atoms with Crippen LogP contribution >= 0.6 is 0 Å². The summed E-state index contributed by atoms with van der Waals surface area (Å²) < 4.78 is 0. The molecule has 0 aromatic carbocycles. The highest BCUT2D eigenvalue weighted by molar-refractivity contribution is 5.99. The summed E-state index contributed by atoms with van der Waals surface area (Å²) in [6.07, 6.45) is 2.78.